The van der Waals surface area contributed by atoms with E-state index in [0.29, 0.717) is 0 Å². The Morgan fingerprint density at radius 2 is 2.53 bits per heavy atom. The van der Waals surface area contributed by atoms with Crippen LogP contribution in [0.25, 0.3) is 0 Å². The van der Waals surface area contributed by atoms with Crippen LogP contribution in [0.4, 0.5) is 5.69 Å². The first-order valence-electron chi connectivity index (χ1n) is 5.72. The second-order valence-electron chi connectivity index (χ2n) is 4.23. The van der Waals surface area contributed by atoms with E-state index in [1.54, 1.807) is 0 Å². The highest BCUT2D eigenvalue weighted by Crippen LogP contribution is 2.14. The van der Waals surface area contributed by atoms with E-state index in [9.17, 15) is 0 Å². The molecule has 1 unspecified atom stereocenters. The maximum atomic E-state index is 4.26. The van der Waals surface area contributed by atoms with Gasteiger partial charge in [-0.2, -0.15) is 0 Å². The SMILES string of the molecule is Cc1ncccc1NCC1CCCNC1. The second-order valence-corrected chi connectivity index (χ2v) is 4.23. The summed E-state index contributed by atoms with van der Waals surface area (Å²) in [6.45, 7) is 5.43. The molecule has 3 heteroatoms. The van der Waals surface area contributed by atoms with Crippen LogP contribution in [-0.2, 0) is 0 Å². The van der Waals surface area contributed by atoms with Gasteiger partial charge in [0.2, 0.25) is 0 Å². The summed E-state index contributed by atoms with van der Waals surface area (Å²) in [5.41, 5.74) is 2.25. The van der Waals surface area contributed by atoms with Crippen molar-refractivity contribution in [2.24, 2.45) is 5.92 Å². The lowest BCUT2D eigenvalue weighted by molar-refractivity contribution is 0.393. The molecule has 15 heavy (non-hydrogen) atoms. The molecule has 1 aromatic heterocycles. The van der Waals surface area contributed by atoms with Crippen molar-refractivity contribution in [3.05, 3.63) is 24.0 Å². The van der Waals surface area contributed by atoms with Gasteiger partial charge in [0, 0.05) is 12.7 Å². The van der Waals surface area contributed by atoms with Gasteiger partial charge >= 0.3 is 0 Å². The van der Waals surface area contributed by atoms with E-state index in [0.717, 1.165) is 24.7 Å². The van der Waals surface area contributed by atoms with Gasteiger partial charge in [-0.1, -0.05) is 0 Å². The fourth-order valence-electron chi connectivity index (χ4n) is 2.02. The van der Waals surface area contributed by atoms with Gasteiger partial charge in [0.25, 0.3) is 0 Å². The molecule has 1 atom stereocenters. The highest BCUT2D eigenvalue weighted by atomic mass is 14.9. The number of hydrogen-bond donors (Lipinski definition) is 2. The van der Waals surface area contributed by atoms with E-state index in [1.165, 1.54) is 25.1 Å². The summed E-state index contributed by atoms with van der Waals surface area (Å²) >= 11 is 0. The Hall–Kier alpha value is -1.09. The maximum absolute atomic E-state index is 4.26. The Kier molecular flexibility index (Phi) is 3.56. The molecule has 0 aromatic carbocycles. The first kappa shape index (κ1) is 10.4. The molecule has 0 spiro atoms. The van der Waals surface area contributed by atoms with Crippen LogP contribution < -0.4 is 10.6 Å². The number of nitrogens with one attached hydrogen (secondary N) is 2. The van der Waals surface area contributed by atoms with E-state index in [-0.39, 0.29) is 0 Å². The fourth-order valence-corrected chi connectivity index (χ4v) is 2.02. The topological polar surface area (TPSA) is 37.0 Å². The summed E-state index contributed by atoms with van der Waals surface area (Å²) < 4.78 is 0. The van der Waals surface area contributed by atoms with E-state index >= 15 is 0 Å². The zero-order valence-corrected chi connectivity index (χ0v) is 9.29. The molecule has 0 saturated carbocycles. The third-order valence-corrected chi connectivity index (χ3v) is 2.99. The van der Waals surface area contributed by atoms with E-state index in [4.69, 9.17) is 0 Å². The molecule has 3 nitrogen and oxygen atoms in total. The van der Waals surface area contributed by atoms with Crippen molar-refractivity contribution in [3.8, 4) is 0 Å². The van der Waals surface area contributed by atoms with Crippen molar-refractivity contribution in [2.75, 3.05) is 25.0 Å². The summed E-state index contributed by atoms with van der Waals surface area (Å²) in [6, 6.07) is 4.08. The first-order valence-corrected chi connectivity index (χ1v) is 5.72. The minimum atomic E-state index is 0.762. The second kappa shape index (κ2) is 5.12. The monoisotopic (exact) mass is 205 g/mol. The molecule has 0 amide bonds. The van der Waals surface area contributed by atoms with Gasteiger partial charge in [0.15, 0.2) is 0 Å². The number of rotatable bonds is 3. The molecule has 1 fully saturated rings. The normalized spacial score (nSPS) is 21.3. The van der Waals surface area contributed by atoms with Crippen LogP contribution >= 0.6 is 0 Å². The van der Waals surface area contributed by atoms with Gasteiger partial charge in [-0.25, -0.2) is 0 Å². The van der Waals surface area contributed by atoms with Crippen LogP contribution in [0, 0.1) is 12.8 Å². The molecular weight excluding hydrogens is 186 g/mol. The zero-order chi connectivity index (χ0) is 10.5. The van der Waals surface area contributed by atoms with Gasteiger partial charge in [-0.05, 0) is 50.9 Å². The highest BCUT2D eigenvalue weighted by molar-refractivity contribution is 5.46. The molecule has 2 rings (SSSR count). The largest absolute Gasteiger partial charge is 0.383 e. The number of aromatic nitrogens is 1. The van der Waals surface area contributed by atoms with Gasteiger partial charge in [0.05, 0.1) is 11.4 Å². The van der Waals surface area contributed by atoms with Gasteiger partial charge in [-0.3, -0.25) is 4.98 Å². The van der Waals surface area contributed by atoms with Crippen LogP contribution in [0.2, 0.25) is 0 Å². The Balaban J connectivity index is 1.84. The predicted molar refractivity (Wildman–Crippen MR) is 63.1 cm³/mol. The highest BCUT2D eigenvalue weighted by Gasteiger charge is 2.12. The van der Waals surface area contributed by atoms with E-state index in [2.05, 4.69) is 21.7 Å². The van der Waals surface area contributed by atoms with Gasteiger partial charge in [0.1, 0.15) is 0 Å². The van der Waals surface area contributed by atoms with Crippen molar-refractivity contribution >= 4 is 5.69 Å². The number of piperidine rings is 1. The minimum absolute atomic E-state index is 0.762. The van der Waals surface area contributed by atoms with E-state index in [1.807, 2.05) is 19.2 Å². The van der Waals surface area contributed by atoms with Gasteiger partial charge in [-0.15, -0.1) is 0 Å². The summed E-state index contributed by atoms with van der Waals surface area (Å²) in [4.78, 5) is 4.26. The van der Waals surface area contributed by atoms with Crippen LogP contribution in [-0.4, -0.2) is 24.6 Å². The summed E-state index contributed by atoms with van der Waals surface area (Å²) in [5, 5.41) is 6.91. The lowest BCUT2D eigenvalue weighted by atomic mass is 10.00. The molecule has 1 aliphatic rings. The number of pyridine rings is 1. The Bertz CT molecular complexity index is 305. The number of hydrogen-bond acceptors (Lipinski definition) is 3. The van der Waals surface area contributed by atoms with Crippen LogP contribution in [0.3, 0.4) is 0 Å². The van der Waals surface area contributed by atoms with Crippen LogP contribution in [0.5, 0.6) is 0 Å². The maximum Gasteiger partial charge on any atom is 0.0603 e. The van der Waals surface area contributed by atoms with Crippen LogP contribution in [0.15, 0.2) is 18.3 Å². The fraction of sp³-hybridized carbons (Fsp3) is 0.583. The summed E-state index contributed by atoms with van der Waals surface area (Å²) in [7, 11) is 0. The molecule has 82 valence electrons. The molecule has 0 bridgehead atoms. The van der Waals surface area contributed by atoms with Crippen molar-refractivity contribution in [1.82, 2.24) is 10.3 Å². The molecule has 1 aromatic rings. The Labute approximate surface area is 91.3 Å². The summed E-state index contributed by atoms with van der Waals surface area (Å²) in [5.74, 6) is 0.762. The minimum Gasteiger partial charge on any atom is -0.383 e. The van der Waals surface area contributed by atoms with Crippen molar-refractivity contribution in [1.29, 1.82) is 0 Å². The third kappa shape index (κ3) is 2.93. The third-order valence-electron chi connectivity index (χ3n) is 2.99. The van der Waals surface area contributed by atoms with Crippen LogP contribution in [0.1, 0.15) is 18.5 Å². The zero-order valence-electron chi connectivity index (χ0n) is 9.29. The Morgan fingerprint density at radius 1 is 1.60 bits per heavy atom. The molecule has 2 heterocycles. The molecule has 0 radical (unpaired) electrons. The number of anilines is 1. The predicted octanol–water partition coefficient (Wildman–Crippen LogP) is 1.80. The molecule has 0 aliphatic carbocycles. The average Bonchev–Trinajstić information content (AvgIpc) is 2.29. The quantitative estimate of drug-likeness (QED) is 0.790. The number of nitrogens with zero attached hydrogens (tertiary/aromatic N) is 1. The smallest absolute Gasteiger partial charge is 0.0603 e. The first-order chi connectivity index (χ1) is 7.36. The Morgan fingerprint density at radius 3 is 3.27 bits per heavy atom. The lowest BCUT2D eigenvalue weighted by Crippen LogP contribution is -2.33. The standard InChI is InChI=1S/C12H19N3/c1-10-12(5-3-7-14-10)15-9-11-4-2-6-13-8-11/h3,5,7,11,13,15H,2,4,6,8-9H2,1H3. The average molecular weight is 205 g/mol. The van der Waals surface area contributed by atoms with Crippen molar-refractivity contribution in [2.45, 2.75) is 19.8 Å². The molecule has 1 saturated heterocycles. The van der Waals surface area contributed by atoms with Crippen molar-refractivity contribution < 1.29 is 0 Å². The van der Waals surface area contributed by atoms with Crippen molar-refractivity contribution in [3.63, 3.8) is 0 Å². The molecule has 2 N–H and O–H groups in total. The van der Waals surface area contributed by atoms with E-state index < -0.39 is 0 Å². The molecule has 1 aliphatic heterocycles. The number of aryl methyl sites for hydroxylation is 1. The molecular formula is C12H19N3. The lowest BCUT2D eigenvalue weighted by Gasteiger charge is -2.23. The van der Waals surface area contributed by atoms with Gasteiger partial charge < -0.3 is 10.6 Å². The summed E-state index contributed by atoms with van der Waals surface area (Å²) in [6.07, 6.45) is 4.47.